The van der Waals surface area contributed by atoms with Crippen LogP contribution in [0, 0.1) is 5.41 Å². The summed E-state index contributed by atoms with van der Waals surface area (Å²) in [4.78, 5) is 13.5. The van der Waals surface area contributed by atoms with Gasteiger partial charge in [-0.15, -0.1) is 0 Å². The predicted octanol–water partition coefficient (Wildman–Crippen LogP) is 2.18. The van der Waals surface area contributed by atoms with Crippen LogP contribution in [0.1, 0.15) is 18.4 Å². The number of carbonyl (C=O) groups is 1. The molecule has 0 aliphatic carbocycles. The second kappa shape index (κ2) is 5.76. The van der Waals surface area contributed by atoms with Crippen LogP contribution in [0.4, 0.5) is 0 Å². The smallest absolute Gasteiger partial charge is 0.129 e. The van der Waals surface area contributed by atoms with E-state index >= 15 is 0 Å². The molecule has 1 atom stereocenters. The van der Waals surface area contributed by atoms with Crippen molar-refractivity contribution in [2.75, 3.05) is 26.8 Å². The average Bonchev–Trinajstić information content (AvgIpc) is 2.83. The zero-order valence-corrected chi connectivity index (χ0v) is 11.0. The number of thiophene rings is 1. The molecule has 17 heavy (non-hydrogen) atoms. The third-order valence-corrected chi connectivity index (χ3v) is 3.95. The van der Waals surface area contributed by atoms with Gasteiger partial charge in [0.1, 0.15) is 6.29 Å². The normalized spacial score (nSPS) is 25.1. The Morgan fingerprint density at radius 3 is 3.12 bits per heavy atom. The van der Waals surface area contributed by atoms with Crippen LogP contribution in [0.15, 0.2) is 16.8 Å². The first kappa shape index (κ1) is 12.7. The molecule has 1 unspecified atom stereocenters. The molecule has 0 N–H and O–H groups in total. The number of rotatable bonds is 5. The molecule has 1 fully saturated rings. The highest BCUT2D eigenvalue weighted by Gasteiger charge is 2.33. The van der Waals surface area contributed by atoms with Crippen LogP contribution in [0.25, 0.3) is 0 Å². The van der Waals surface area contributed by atoms with Crippen LogP contribution >= 0.6 is 11.3 Å². The van der Waals surface area contributed by atoms with E-state index in [0.717, 1.165) is 38.8 Å². The fourth-order valence-electron chi connectivity index (χ4n) is 2.42. The van der Waals surface area contributed by atoms with Gasteiger partial charge in [0.2, 0.25) is 0 Å². The van der Waals surface area contributed by atoms with Crippen molar-refractivity contribution < 1.29 is 9.53 Å². The van der Waals surface area contributed by atoms with E-state index in [4.69, 9.17) is 4.74 Å². The Hall–Kier alpha value is -0.710. The summed E-state index contributed by atoms with van der Waals surface area (Å²) in [5, 5.41) is 4.24. The third-order valence-electron chi connectivity index (χ3n) is 3.22. The number of hydrogen-bond donors (Lipinski definition) is 0. The summed E-state index contributed by atoms with van der Waals surface area (Å²) in [6.45, 7) is 3.06. The molecule has 1 aliphatic heterocycles. The van der Waals surface area contributed by atoms with Gasteiger partial charge >= 0.3 is 0 Å². The highest BCUT2D eigenvalue weighted by molar-refractivity contribution is 7.07. The Morgan fingerprint density at radius 1 is 1.65 bits per heavy atom. The summed E-state index contributed by atoms with van der Waals surface area (Å²) in [6, 6.07) is 2.13. The summed E-state index contributed by atoms with van der Waals surface area (Å²) in [5.41, 5.74) is 1.03. The molecule has 94 valence electrons. The Balaban J connectivity index is 1.91. The molecule has 0 radical (unpaired) electrons. The highest BCUT2D eigenvalue weighted by atomic mass is 32.1. The highest BCUT2D eigenvalue weighted by Crippen LogP contribution is 2.27. The molecule has 1 aromatic rings. The van der Waals surface area contributed by atoms with Gasteiger partial charge in [0.25, 0.3) is 0 Å². The van der Waals surface area contributed by atoms with Crippen molar-refractivity contribution in [2.24, 2.45) is 5.41 Å². The summed E-state index contributed by atoms with van der Waals surface area (Å²) in [7, 11) is 2.07. The molecule has 0 bridgehead atoms. The van der Waals surface area contributed by atoms with Gasteiger partial charge in [-0.2, -0.15) is 11.3 Å². The van der Waals surface area contributed by atoms with Crippen LogP contribution in [0.2, 0.25) is 0 Å². The van der Waals surface area contributed by atoms with Gasteiger partial charge < -0.3 is 14.4 Å². The first-order valence-electron chi connectivity index (χ1n) is 5.98. The Labute approximate surface area is 106 Å². The second-order valence-corrected chi connectivity index (χ2v) is 5.72. The van der Waals surface area contributed by atoms with E-state index in [1.165, 1.54) is 5.56 Å². The van der Waals surface area contributed by atoms with Crippen LogP contribution in [-0.4, -0.2) is 38.0 Å². The van der Waals surface area contributed by atoms with E-state index in [2.05, 4.69) is 28.8 Å². The molecular weight excluding hydrogens is 234 g/mol. The van der Waals surface area contributed by atoms with Gasteiger partial charge in [0.15, 0.2) is 0 Å². The number of ether oxygens (including phenoxy) is 1. The van der Waals surface area contributed by atoms with Gasteiger partial charge in [-0.3, -0.25) is 0 Å². The lowest BCUT2D eigenvalue weighted by Gasteiger charge is -2.35. The van der Waals surface area contributed by atoms with Crippen molar-refractivity contribution in [3.63, 3.8) is 0 Å². The molecular formula is C13H19NO2S. The standard InChI is InChI=1S/C13H19NO2S/c1-14(7-12-3-6-17-8-12)9-13(10-15)4-2-5-16-11-13/h3,6,8,10H,2,4-5,7,9,11H2,1H3. The topological polar surface area (TPSA) is 29.5 Å². The monoisotopic (exact) mass is 253 g/mol. The minimum Gasteiger partial charge on any atom is -0.380 e. The van der Waals surface area contributed by atoms with Crippen LogP contribution < -0.4 is 0 Å². The molecule has 0 aromatic carbocycles. The van der Waals surface area contributed by atoms with Crippen LogP contribution in [0.3, 0.4) is 0 Å². The SMILES string of the molecule is CN(Cc1ccsc1)CC1(C=O)CCCOC1. The maximum atomic E-state index is 11.3. The fourth-order valence-corrected chi connectivity index (χ4v) is 3.08. The quantitative estimate of drug-likeness (QED) is 0.753. The van der Waals surface area contributed by atoms with E-state index in [0.29, 0.717) is 6.61 Å². The van der Waals surface area contributed by atoms with Crippen molar-refractivity contribution in [1.82, 2.24) is 4.90 Å². The summed E-state index contributed by atoms with van der Waals surface area (Å²) in [6.07, 6.45) is 3.03. The predicted molar refractivity (Wildman–Crippen MR) is 69.2 cm³/mol. The van der Waals surface area contributed by atoms with Crippen molar-refractivity contribution in [2.45, 2.75) is 19.4 Å². The maximum absolute atomic E-state index is 11.3. The molecule has 0 saturated carbocycles. The summed E-state index contributed by atoms with van der Waals surface area (Å²) < 4.78 is 5.46. The first-order chi connectivity index (χ1) is 8.24. The van der Waals surface area contributed by atoms with E-state index in [9.17, 15) is 4.79 Å². The largest absolute Gasteiger partial charge is 0.380 e. The Kier molecular flexibility index (Phi) is 4.31. The first-order valence-corrected chi connectivity index (χ1v) is 6.92. The minimum atomic E-state index is -0.289. The molecule has 3 nitrogen and oxygen atoms in total. The lowest BCUT2D eigenvalue weighted by molar-refractivity contribution is -0.125. The van der Waals surface area contributed by atoms with E-state index in [1.807, 2.05) is 0 Å². The minimum absolute atomic E-state index is 0.289. The summed E-state index contributed by atoms with van der Waals surface area (Å²) >= 11 is 1.71. The maximum Gasteiger partial charge on any atom is 0.129 e. The number of nitrogens with zero attached hydrogens (tertiary/aromatic N) is 1. The Morgan fingerprint density at radius 2 is 2.53 bits per heavy atom. The van der Waals surface area contributed by atoms with Crippen LogP contribution in [-0.2, 0) is 16.1 Å². The third kappa shape index (κ3) is 3.37. The molecule has 0 amide bonds. The van der Waals surface area contributed by atoms with Crippen molar-refractivity contribution in [3.05, 3.63) is 22.4 Å². The van der Waals surface area contributed by atoms with Gasteiger partial charge in [0, 0.05) is 19.7 Å². The second-order valence-electron chi connectivity index (χ2n) is 4.94. The lowest BCUT2D eigenvalue weighted by atomic mass is 9.83. The molecule has 2 heterocycles. The molecule has 4 heteroatoms. The zero-order chi connectivity index (χ0) is 12.1. The van der Waals surface area contributed by atoms with Gasteiger partial charge in [0.05, 0.1) is 12.0 Å². The van der Waals surface area contributed by atoms with Gasteiger partial charge in [-0.05, 0) is 42.3 Å². The van der Waals surface area contributed by atoms with Crippen molar-refractivity contribution in [3.8, 4) is 0 Å². The van der Waals surface area contributed by atoms with Crippen molar-refractivity contribution >= 4 is 17.6 Å². The molecule has 1 aromatic heterocycles. The molecule has 0 spiro atoms. The lowest BCUT2D eigenvalue weighted by Crippen LogP contribution is -2.42. The summed E-state index contributed by atoms with van der Waals surface area (Å²) in [5.74, 6) is 0. The Bertz CT molecular complexity index is 344. The van der Waals surface area contributed by atoms with E-state index in [1.54, 1.807) is 11.3 Å². The average molecular weight is 253 g/mol. The molecule has 1 aliphatic rings. The number of carbonyl (C=O) groups excluding carboxylic acids is 1. The van der Waals surface area contributed by atoms with Crippen LogP contribution in [0.5, 0.6) is 0 Å². The van der Waals surface area contributed by atoms with Crippen molar-refractivity contribution in [1.29, 1.82) is 0 Å². The number of aldehydes is 1. The van der Waals surface area contributed by atoms with Gasteiger partial charge in [-0.25, -0.2) is 0 Å². The van der Waals surface area contributed by atoms with Gasteiger partial charge in [-0.1, -0.05) is 0 Å². The van der Waals surface area contributed by atoms with E-state index < -0.39 is 0 Å². The zero-order valence-electron chi connectivity index (χ0n) is 10.2. The van der Waals surface area contributed by atoms with E-state index in [-0.39, 0.29) is 5.41 Å². The molecule has 2 rings (SSSR count). The number of hydrogen-bond acceptors (Lipinski definition) is 4. The molecule has 1 saturated heterocycles. The fraction of sp³-hybridized carbons (Fsp3) is 0.615.